The molecule has 0 atom stereocenters. The molecule has 0 aliphatic rings. The Morgan fingerprint density at radius 3 is 2.81 bits per heavy atom. The number of pyridine rings is 1. The molecule has 0 saturated carbocycles. The van der Waals surface area contributed by atoms with E-state index in [1.807, 2.05) is 0 Å². The fraction of sp³-hybridized carbons (Fsp3) is 0.333. The van der Waals surface area contributed by atoms with Crippen LogP contribution < -0.4 is 10.1 Å². The van der Waals surface area contributed by atoms with Gasteiger partial charge in [0.2, 0.25) is 5.88 Å². The van der Waals surface area contributed by atoms with E-state index in [1.54, 1.807) is 5.32 Å². The molecule has 7 heteroatoms. The van der Waals surface area contributed by atoms with Crippen LogP contribution in [-0.4, -0.2) is 24.2 Å². The van der Waals surface area contributed by atoms with Gasteiger partial charge in [-0.2, -0.15) is 13.2 Å². The molecular formula is C9H9F3N2O2. The summed E-state index contributed by atoms with van der Waals surface area (Å²) in [6, 6.07) is 3.06. The highest BCUT2D eigenvalue weighted by atomic mass is 19.4. The Morgan fingerprint density at radius 1 is 1.56 bits per heavy atom. The summed E-state index contributed by atoms with van der Waals surface area (Å²) in [6.07, 6.45) is -3.44. The minimum absolute atomic E-state index is 0.185. The smallest absolute Gasteiger partial charge is 0.471 e. The fourth-order valence-electron chi connectivity index (χ4n) is 1.02. The van der Waals surface area contributed by atoms with E-state index in [0.717, 1.165) is 0 Å². The van der Waals surface area contributed by atoms with Gasteiger partial charge >= 0.3 is 12.1 Å². The fourth-order valence-corrected chi connectivity index (χ4v) is 1.02. The average Bonchev–Trinajstić information content (AvgIpc) is 2.24. The number of hydrogen-bond acceptors (Lipinski definition) is 3. The third-order valence-corrected chi connectivity index (χ3v) is 1.74. The number of alkyl halides is 3. The van der Waals surface area contributed by atoms with Crippen LogP contribution in [-0.2, 0) is 11.3 Å². The molecule has 16 heavy (non-hydrogen) atoms. The van der Waals surface area contributed by atoms with Crippen LogP contribution in [0.3, 0.4) is 0 Å². The van der Waals surface area contributed by atoms with Crippen LogP contribution in [0.1, 0.15) is 5.56 Å². The van der Waals surface area contributed by atoms with Crippen LogP contribution in [0.4, 0.5) is 13.2 Å². The van der Waals surface area contributed by atoms with Crippen molar-refractivity contribution in [1.82, 2.24) is 10.3 Å². The molecule has 1 heterocycles. The zero-order valence-corrected chi connectivity index (χ0v) is 8.34. The van der Waals surface area contributed by atoms with Crippen LogP contribution in [0.15, 0.2) is 18.3 Å². The summed E-state index contributed by atoms with van der Waals surface area (Å²) >= 11 is 0. The number of nitrogens with zero attached hydrogens (tertiary/aromatic N) is 1. The quantitative estimate of drug-likeness (QED) is 0.856. The number of carbonyl (C=O) groups is 1. The Bertz CT molecular complexity index is 379. The topological polar surface area (TPSA) is 51.2 Å². The van der Waals surface area contributed by atoms with E-state index >= 15 is 0 Å². The molecule has 0 saturated heterocycles. The second-order valence-corrected chi connectivity index (χ2v) is 2.85. The largest absolute Gasteiger partial charge is 0.481 e. The number of methoxy groups -OCH3 is 1. The third-order valence-electron chi connectivity index (χ3n) is 1.74. The van der Waals surface area contributed by atoms with Gasteiger partial charge in [0.05, 0.1) is 7.11 Å². The Hall–Kier alpha value is -1.79. The van der Waals surface area contributed by atoms with Crippen LogP contribution in [0.25, 0.3) is 0 Å². The zero-order valence-electron chi connectivity index (χ0n) is 8.34. The predicted octanol–water partition coefficient (Wildman–Crippen LogP) is 1.27. The lowest BCUT2D eigenvalue weighted by Gasteiger charge is -2.09. The number of rotatable bonds is 3. The molecule has 0 radical (unpaired) electrons. The summed E-state index contributed by atoms with van der Waals surface area (Å²) in [7, 11) is 1.34. The number of nitrogens with one attached hydrogen (secondary N) is 1. The first-order chi connectivity index (χ1) is 7.45. The van der Waals surface area contributed by atoms with Gasteiger partial charge in [-0.05, 0) is 6.07 Å². The molecule has 0 fully saturated rings. The van der Waals surface area contributed by atoms with Crippen molar-refractivity contribution in [2.24, 2.45) is 0 Å². The molecular weight excluding hydrogens is 225 g/mol. The lowest BCUT2D eigenvalue weighted by molar-refractivity contribution is -0.173. The summed E-state index contributed by atoms with van der Waals surface area (Å²) in [4.78, 5) is 14.3. The second kappa shape index (κ2) is 4.82. The summed E-state index contributed by atoms with van der Waals surface area (Å²) in [6.45, 7) is -0.282. The maximum Gasteiger partial charge on any atom is 0.471 e. The van der Waals surface area contributed by atoms with E-state index in [0.29, 0.717) is 5.56 Å². The van der Waals surface area contributed by atoms with Gasteiger partial charge in [0.15, 0.2) is 0 Å². The van der Waals surface area contributed by atoms with E-state index in [-0.39, 0.29) is 12.4 Å². The van der Waals surface area contributed by atoms with Crippen LogP contribution in [0.5, 0.6) is 5.88 Å². The van der Waals surface area contributed by atoms with Gasteiger partial charge in [-0.25, -0.2) is 4.98 Å². The maximum absolute atomic E-state index is 11.9. The molecule has 1 amide bonds. The molecule has 0 aromatic carbocycles. The predicted molar refractivity (Wildman–Crippen MR) is 48.7 cm³/mol. The number of ether oxygens (including phenoxy) is 1. The summed E-state index contributed by atoms with van der Waals surface area (Å²) < 4.78 is 40.4. The van der Waals surface area contributed by atoms with E-state index in [9.17, 15) is 18.0 Å². The normalized spacial score (nSPS) is 11.0. The molecule has 0 aliphatic carbocycles. The SMILES string of the molecule is COc1ncccc1CNC(=O)C(F)(F)F. The van der Waals surface area contributed by atoms with Crippen molar-refractivity contribution in [2.45, 2.75) is 12.7 Å². The third kappa shape index (κ3) is 3.11. The van der Waals surface area contributed by atoms with Crippen molar-refractivity contribution < 1.29 is 22.7 Å². The molecule has 1 aromatic rings. The highest BCUT2D eigenvalue weighted by molar-refractivity contribution is 5.81. The molecule has 0 unspecified atom stereocenters. The van der Waals surface area contributed by atoms with Crippen molar-refractivity contribution in [3.63, 3.8) is 0 Å². The molecule has 4 nitrogen and oxygen atoms in total. The number of aromatic nitrogens is 1. The van der Waals surface area contributed by atoms with Crippen molar-refractivity contribution >= 4 is 5.91 Å². The standard InChI is InChI=1S/C9H9F3N2O2/c1-16-7-6(3-2-4-13-7)5-14-8(15)9(10,11)12/h2-4H,5H2,1H3,(H,14,15). The molecule has 0 bridgehead atoms. The Morgan fingerprint density at radius 2 is 2.25 bits per heavy atom. The summed E-state index contributed by atoms with van der Waals surface area (Å²) in [5.41, 5.74) is 0.377. The van der Waals surface area contributed by atoms with Crippen LogP contribution >= 0.6 is 0 Å². The lowest BCUT2D eigenvalue weighted by atomic mass is 10.2. The second-order valence-electron chi connectivity index (χ2n) is 2.85. The van der Waals surface area contributed by atoms with Gasteiger partial charge in [-0.1, -0.05) is 6.07 Å². The number of amides is 1. The summed E-state index contributed by atoms with van der Waals surface area (Å²) in [5, 5.41) is 1.73. The summed E-state index contributed by atoms with van der Waals surface area (Å²) in [5.74, 6) is -1.80. The van der Waals surface area contributed by atoms with Gasteiger partial charge in [0.25, 0.3) is 0 Å². The molecule has 1 N–H and O–H groups in total. The molecule has 0 aliphatic heterocycles. The lowest BCUT2D eigenvalue weighted by Crippen LogP contribution is -2.36. The first-order valence-electron chi connectivity index (χ1n) is 4.28. The van der Waals surface area contributed by atoms with Gasteiger partial charge in [0, 0.05) is 18.3 Å². The molecule has 1 aromatic heterocycles. The van der Waals surface area contributed by atoms with E-state index in [2.05, 4.69) is 4.98 Å². The van der Waals surface area contributed by atoms with Crippen LogP contribution in [0.2, 0.25) is 0 Å². The first kappa shape index (κ1) is 12.3. The van der Waals surface area contributed by atoms with Gasteiger partial charge in [-0.15, -0.1) is 0 Å². The van der Waals surface area contributed by atoms with Crippen molar-refractivity contribution in [3.8, 4) is 5.88 Å². The zero-order chi connectivity index (χ0) is 12.2. The molecule has 1 rings (SSSR count). The minimum atomic E-state index is -4.88. The number of halogens is 3. The minimum Gasteiger partial charge on any atom is -0.481 e. The Labute approximate surface area is 89.4 Å². The van der Waals surface area contributed by atoms with Gasteiger partial charge < -0.3 is 10.1 Å². The van der Waals surface area contributed by atoms with E-state index < -0.39 is 12.1 Å². The van der Waals surface area contributed by atoms with Gasteiger partial charge in [-0.3, -0.25) is 4.79 Å². The van der Waals surface area contributed by atoms with Gasteiger partial charge in [0.1, 0.15) is 0 Å². The van der Waals surface area contributed by atoms with Crippen molar-refractivity contribution in [2.75, 3.05) is 7.11 Å². The maximum atomic E-state index is 11.9. The highest BCUT2D eigenvalue weighted by Gasteiger charge is 2.38. The van der Waals surface area contributed by atoms with E-state index in [4.69, 9.17) is 4.74 Å². The number of hydrogen-bond donors (Lipinski definition) is 1. The van der Waals surface area contributed by atoms with Crippen LogP contribution in [0, 0.1) is 0 Å². The van der Waals surface area contributed by atoms with Crippen molar-refractivity contribution in [1.29, 1.82) is 0 Å². The monoisotopic (exact) mass is 234 g/mol. The highest BCUT2D eigenvalue weighted by Crippen LogP contribution is 2.16. The Balaban J connectivity index is 2.65. The van der Waals surface area contributed by atoms with E-state index in [1.165, 1.54) is 25.4 Å². The molecule has 88 valence electrons. The number of carbonyl (C=O) groups excluding carboxylic acids is 1. The Kier molecular flexibility index (Phi) is 3.70. The van der Waals surface area contributed by atoms with Crippen molar-refractivity contribution in [3.05, 3.63) is 23.9 Å². The first-order valence-corrected chi connectivity index (χ1v) is 4.28. The molecule has 0 spiro atoms. The average molecular weight is 234 g/mol.